The summed E-state index contributed by atoms with van der Waals surface area (Å²) < 4.78 is 41.1. The molecule has 5 heteroatoms. The van der Waals surface area contributed by atoms with Crippen LogP contribution >= 0.6 is 0 Å². The molecule has 1 rings (SSSR count). The third kappa shape index (κ3) is 4.38. The molecular formula is C10H18F3NO. The van der Waals surface area contributed by atoms with Gasteiger partial charge in [0, 0.05) is 0 Å². The van der Waals surface area contributed by atoms with Gasteiger partial charge in [0.1, 0.15) is 0 Å². The van der Waals surface area contributed by atoms with Gasteiger partial charge in [-0.15, -0.1) is 0 Å². The van der Waals surface area contributed by atoms with E-state index in [2.05, 4.69) is 5.32 Å². The molecule has 0 heterocycles. The number of alkyl halides is 3. The van der Waals surface area contributed by atoms with E-state index < -0.39 is 12.6 Å². The molecule has 1 aliphatic rings. The number of ether oxygens (including phenoxy) is 1. The second-order valence-corrected chi connectivity index (χ2v) is 4.10. The lowest BCUT2D eigenvalue weighted by Gasteiger charge is -2.42. The summed E-state index contributed by atoms with van der Waals surface area (Å²) in [7, 11) is 1.84. The van der Waals surface area contributed by atoms with Gasteiger partial charge in [-0.1, -0.05) is 0 Å². The highest BCUT2D eigenvalue weighted by Crippen LogP contribution is 2.38. The van der Waals surface area contributed by atoms with Crippen molar-refractivity contribution in [3.63, 3.8) is 0 Å². The third-order valence-corrected chi connectivity index (χ3v) is 2.89. The van der Waals surface area contributed by atoms with Crippen molar-refractivity contribution in [2.45, 2.75) is 43.9 Å². The molecule has 2 nitrogen and oxygen atoms in total. The van der Waals surface area contributed by atoms with E-state index >= 15 is 0 Å². The molecule has 0 atom stereocenters. The van der Waals surface area contributed by atoms with Crippen LogP contribution in [-0.4, -0.2) is 32.0 Å². The molecule has 1 fully saturated rings. The zero-order valence-electron chi connectivity index (χ0n) is 8.99. The number of hydrogen-bond acceptors (Lipinski definition) is 2. The zero-order valence-corrected chi connectivity index (χ0v) is 8.99. The molecule has 0 spiro atoms. The molecule has 90 valence electrons. The Bertz CT molecular complexity index is 190. The Labute approximate surface area is 88.2 Å². The van der Waals surface area contributed by atoms with Crippen LogP contribution in [0.5, 0.6) is 0 Å². The highest BCUT2D eigenvalue weighted by atomic mass is 19.4. The predicted octanol–water partition coefficient (Wildman–Crippen LogP) is 2.49. The van der Waals surface area contributed by atoms with Crippen molar-refractivity contribution in [3.05, 3.63) is 0 Å². The van der Waals surface area contributed by atoms with Gasteiger partial charge in [-0.2, -0.15) is 13.2 Å². The second-order valence-electron chi connectivity index (χ2n) is 4.10. The van der Waals surface area contributed by atoms with Crippen LogP contribution in [0.25, 0.3) is 0 Å². The lowest BCUT2D eigenvalue weighted by Crippen LogP contribution is -2.43. The highest BCUT2D eigenvalue weighted by molar-refractivity contribution is 4.90. The first-order valence-corrected chi connectivity index (χ1v) is 5.33. The Morgan fingerprint density at radius 2 is 2.00 bits per heavy atom. The van der Waals surface area contributed by atoms with Crippen molar-refractivity contribution in [1.82, 2.24) is 5.32 Å². The summed E-state index contributed by atoms with van der Waals surface area (Å²) in [5.74, 6) is 0. The van der Waals surface area contributed by atoms with Crippen molar-refractivity contribution in [2.75, 3.05) is 20.2 Å². The van der Waals surface area contributed by atoms with Gasteiger partial charge in [-0.25, -0.2) is 0 Å². The quantitative estimate of drug-likeness (QED) is 0.749. The molecular weight excluding hydrogens is 207 g/mol. The molecule has 0 saturated heterocycles. The fourth-order valence-corrected chi connectivity index (χ4v) is 1.77. The summed E-state index contributed by atoms with van der Waals surface area (Å²) in [5, 5.41) is 3.00. The highest BCUT2D eigenvalue weighted by Gasteiger charge is 2.38. The lowest BCUT2D eigenvalue weighted by molar-refractivity contribution is -0.170. The first-order valence-electron chi connectivity index (χ1n) is 5.33. The third-order valence-electron chi connectivity index (χ3n) is 2.89. The van der Waals surface area contributed by atoms with E-state index in [0.717, 1.165) is 32.2 Å². The van der Waals surface area contributed by atoms with Crippen LogP contribution in [-0.2, 0) is 4.74 Å². The molecule has 0 bridgehead atoms. The van der Waals surface area contributed by atoms with Crippen molar-refractivity contribution in [3.8, 4) is 0 Å². The summed E-state index contributed by atoms with van der Waals surface area (Å²) in [6.45, 7) is 0.596. The molecule has 0 aliphatic heterocycles. The first-order chi connectivity index (χ1) is 6.97. The van der Waals surface area contributed by atoms with E-state index in [4.69, 9.17) is 4.74 Å². The van der Waals surface area contributed by atoms with E-state index in [0.29, 0.717) is 0 Å². The van der Waals surface area contributed by atoms with Crippen molar-refractivity contribution >= 4 is 0 Å². The van der Waals surface area contributed by atoms with Crippen LogP contribution in [0, 0.1) is 0 Å². The van der Waals surface area contributed by atoms with Crippen molar-refractivity contribution in [1.29, 1.82) is 0 Å². The minimum atomic E-state index is -4.10. The number of hydrogen-bond donors (Lipinski definition) is 1. The van der Waals surface area contributed by atoms with Gasteiger partial charge < -0.3 is 10.1 Å². The monoisotopic (exact) mass is 225 g/mol. The molecule has 0 unspecified atom stereocenters. The average Bonchev–Trinajstić information content (AvgIpc) is 2.06. The van der Waals surface area contributed by atoms with Gasteiger partial charge in [-0.3, -0.25) is 0 Å². The number of nitrogens with one attached hydrogen (secondary N) is 1. The Morgan fingerprint density at radius 3 is 2.40 bits per heavy atom. The summed E-state index contributed by atoms with van der Waals surface area (Å²) in [6, 6.07) is 0. The van der Waals surface area contributed by atoms with E-state index in [1.165, 1.54) is 0 Å². The summed E-state index contributed by atoms with van der Waals surface area (Å²) in [6.07, 6.45) is -1.28. The fourth-order valence-electron chi connectivity index (χ4n) is 1.77. The molecule has 0 aromatic carbocycles. The Morgan fingerprint density at radius 1 is 1.33 bits per heavy atom. The fraction of sp³-hybridized carbons (Fsp3) is 1.00. The molecule has 1 N–H and O–H groups in total. The Kier molecular flexibility index (Phi) is 4.40. The molecule has 0 radical (unpaired) electrons. The summed E-state index contributed by atoms with van der Waals surface area (Å²) >= 11 is 0. The smallest absolute Gasteiger partial charge is 0.375 e. The van der Waals surface area contributed by atoms with Gasteiger partial charge in [0.15, 0.2) is 0 Å². The minimum absolute atomic E-state index is 0.201. The van der Waals surface area contributed by atoms with Crippen LogP contribution in [0.3, 0.4) is 0 Å². The van der Waals surface area contributed by atoms with Gasteiger partial charge in [0.25, 0.3) is 0 Å². The van der Waals surface area contributed by atoms with Crippen LogP contribution in [0.15, 0.2) is 0 Å². The largest absolute Gasteiger partial charge is 0.391 e. The van der Waals surface area contributed by atoms with Crippen LogP contribution in [0.4, 0.5) is 13.2 Å². The van der Waals surface area contributed by atoms with Gasteiger partial charge >= 0.3 is 6.18 Å². The molecule has 15 heavy (non-hydrogen) atoms. The minimum Gasteiger partial charge on any atom is -0.375 e. The predicted molar refractivity (Wildman–Crippen MR) is 51.7 cm³/mol. The van der Waals surface area contributed by atoms with E-state index in [1.807, 2.05) is 7.05 Å². The van der Waals surface area contributed by atoms with E-state index in [9.17, 15) is 13.2 Å². The topological polar surface area (TPSA) is 21.3 Å². The normalized spacial score (nSPS) is 20.0. The second kappa shape index (κ2) is 5.16. The Hall–Kier alpha value is -0.290. The van der Waals surface area contributed by atoms with Crippen molar-refractivity contribution < 1.29 is 17.9 Å². The molecule has 1 saturated carbocycles. The molecule has 1 aliphatic carbocycles. The van der Waals surface area contributed by atoms with Crippen LogP contribution in [0.1, 0.15) is 32.1 Å². The molecule has 0 aromatic heterocycles. The number of rotatable bonds is 6. The van der Waals surface area contributed by atoms with Gasteiger partial charge in [0.05, 0.1) is 18.6 Å². The standard InChI is InChI=1S/C10H18F3NO/c1-14-7-5-9(3-2-4-9)15-8-6-10(11,12)13/h14H,2-8H2,1H3. The van der Waals surface area contributed by atoms with E-state index in [-0.39, 0.29) is 12.2 Å². The van der Waals surface area contributed by atoms with Crippen LogP contribution in [0.2, 0.25) is 0 Å². The average molecular weight is 225 g/mol. The number of halogens is 3. The van der Waals surface area contributed by atoms with Gasteiger partial charge in [0.2, 0.25) is 0 Å². The zero-order chi connectivity index (χ0) is 11.4. The van der Waals surface area contributed by atoms with Gasteiger partial charge in [-0.05, 0) is 39.3 Å². The first kappa shape index (κ1) is 12.8. The maximum atomic E-state index is 11.9. The summed E-state index contributed by atoms with van der Waals surface area (Å²) in [4.78, 5) is 0. The van der Waals surface area contributed by atoms with Crippen molar-refractivity contribution in [2.24, 2.45) is 0 Å². The molecule has 0 aromatic rings. The maximum absolute atomic E-state index is 11.9. The maximum Gasteiger partial charge on any atom is 0.391 e. The SMILES string of the molecule is CNCCC1(OCCC(F)(F)F)CCC1. The van der Waals surface area contributed by atoms with E-state index in [1.54, 1.807) is 0 Å². The summed E-state index contributed by atoms with van der Waals surface area (Å²) in [5.41, 5.74) is -0.270. The molecule has 0 amide bonds. The van der Waals surface area contributed by atoms with Crippen LogP contribution < -0.4 is 5.32 Å². The lowest BCUT2D eigenvalue weighted by atomic mass is 9.77. The Balaban J connectivity index is 2.22.